The topological polar surface area (TPSA) is 87.2 Å². The molecular formula is C20H24N2O5S. The number of amides is 1. The number of hydrogen-bond donors (Lipinski definition) is 1. The Morgan fingerprint density at radius 1 is 1.04 bits per heavy atom. The molecule has 0 unspecified atom stereocenters. The Morgan fingerprint density at radius 3 is 2.39 bits per heavy atom. The van der Waals surface area contributed by atoms with E-state index >= 15 is 0 Å². The largest absolute Gasteiger partial charge is 0.507 e. The number of carbonyl (C=O) groups excluding carboxylic acids is 1. The van der Waals surface area contributed by atoms with Crippen LogP contribution in [0.2, 0.25) is 0 Å². The summed E-state index contributed by atoms with van der Waals surface area (Å²) in [5.74, 6) is -0.0206. The molecule has 1 aliphatic rings. The number of ether oxygens (including phenoxy) is 1. The molecule has 0 atom stereocenters. The van der Waals surface area contributed by atoms with Crippen molar-refractivity contribution in [3.8, 4) is 11.5 Å². The highest BCUT2D eigenvalue weighted by Gasteiger charge is 2.29. The zero-order chi connectivity index (χ0) is 20.3. The summed E-state index contributed by atoms with van der Waals surface area (Å²) >= 11 is 0. The van der Waals surface area contributed by atoms with Gasteiger partial charge in [0, 0.05) is 32.2 Å². The fourth-order valence-corrected chi connectivity index (χ4v) is 4.66. The third-order valence-corrected chi connectivity index (χ3v) is 6.75. The summed E-state index contributed by atoms with van der Waals surface area (Å²) in [7, 11) is -2.12. The molecule has 0 saturated carbocycles. The van der Waals surface area contributed by atoms with Crippen LogP contribution in [0.1, 0.15) is 22.3 Å². The Bertz CT molecular complexity index is 957. The highest BCUT2D eigenvalue weighted by molar-refractivity contribution is 7.89. The second-order valence-electron chi connectivity index (χ2n) is 6.75. The summed E-state index contributed by atoms with van der Waals surface area (Å²) in [5, 5.41) is 10.1. The second-order valence-corrected chi connectivity index (χ2v) is 8.68. The summed E-state index contributed by atoms with van der Waals surface area (Å²) in [5.41, 5.74) is 1.17. The number of methoxy groups -OCH3 is 1. The number of aryl methyl sites for hydroxylation is 1. The average Bonchev–Trinajstić information content (AvgIpc) is 2.94. The van der Waals surface area contributed by atoms with Crippen LogP contribution in [0, 0.1) is 6.92 Å². The minimum atomic E-state index is -3.60. The van der Waals surface area contributed by atoms with Gasteiger partial charge in [-0.3, -0.25) is 4.79 Å². The SMILES string of the molecule is COc1ccc(C(=O)N2CCCN(S(=O)(=O)c3ccc(C)cc3)CC2)c(O)c1. The van der Waals surface area contributed by atoms with Gasteiger partial charge in [0.15, 0.2) is 0 Å². The third kappa shape index (κ3) is 4.13. The van der Waals surface area contributed by atoms with Crippen molar-refractivity contribution in [3.05, 3.63) is 53.6 Å². The second kappa shape index (κ2) is 8.20. The van der Waals surface area contributed by atoms with E-state index in [-0.39, 0.29) is 35.2 Å². The molecule has 8 heteroatoms. The molecule has 28 heavy (non-hydrogen) atoms. The monoisotopic (exact) mass is 404 g/mol. The number of hydrogen-bond acceptors (Lipinski definition) is 5. The number of nitrogens with zero attached hydrogens (tertiary/aromatic N) is 2. The molecule has 3 rings (SSSR count). The molecule has 2 aromatic carbocycles. The van der Waals surface area contributed by atoms with E-state index in [9.17, 15) is 18.3 Å². The molecule has 2 aromatic rings. The number of sulfonamides is 1. The lowest BCUT2D eigenvalue weighted by Crippen LogP contribution is -2.37. The quantitative estimate of drug-likeness (QED) is 0.845. The summed E-state index contributed by atoms with van der Waals surface area (Å²) in [6, 6.07) is 11.3. The van der Waals surface area contributed by atoms with Crippen molar-refractivity contribution >= 4 is 15.9 Å². The van der Waals surface area contributed by atoms with Gasteiger partial charge in [0.1, 0.15) is 11.5 Å². The number of aromatic hydroxyl groups is 1. The van der Waals surface area contributed by atoms with Gasteiger partial charge >= 0.3 is 0 Å². The Morgan fingerprint density at radius 2 is 1.75 bits per heavy atom. The van der Waals surface area contributed by atoms with E-state index in [1.165, 1.54) is 23.5 Å². The minimum absolute atomic E-state index is 0.155. The summed E-state index contributed by atoms with van der Waals surface area (Å²) < 4.78 is 32.2. The Hall–Kier alpha value is -2.58. The first-order chi connectivity index (χ1) is 13.3. The predicted molar refractivity (Wildman–Crippen MR) is 105 cm³/mol. The average molecular weight is 404 g/mol. The Labute approximate surface area is 165 Å². The molecule has 0 aliphatic carbocycles. The van der Waals surface area contributed by atoms with E-state index in [1.54, 1.807) is 35.2 Å². The van der Waals surface area contributed by atoms with E-state index in [4.69, 9.17) is 4.74 Å². The van der Waals surface area contributed by atoms with Crippen molar-refractivity contribution in [1.82, 2.24) is 9.21 Å². The lowest BCUT2D eigenvalue weighted by molar-refractivity contribution is 0.0761. The smallest absolute Gasteiger partial charge is 0.257 e. The van der Waals surface area contributed by atoms with Crippen molar-refractivity contribution in [1.29, 1.82) is 0 Å². The fourth-order valence-electron chi connectivity index (χ4n) is 3.19. The molecule has 1 fully saturated rings. The molecule has 1 aliphatic heterocycles. The van der Waals surface area contributed by atoms with Crippen LogP contribution in [-0.4, -0.2) is 61.9 Å². The number of phenolic OH excluding ortho intramolecular Hbond substituents is 1. The van der Waals surface area contributed by atoms with E-state index in [0.29, 0.717) is 25.3 Å². The number of phenols is 1. The van der Waals surface area contributed by atoms with Gasteiger partial charge in [0.25, 0.3) is 5.91 Å². The van der Waals surface area contributed by atoms with Gasteiger partial charge in [0.05, 0.1) is 17.6 Å². The van der Waals surface area contributed by atoms with Gasteiger partial charge in [-0.15, -0.1) is 0 Å². The molecule has 0 bridgehead atoms. The highest BCUT2D eigenvalue weighted by Crippen LogP contribution is 2.25. The summed E-state index contributed by atoms with van der Waals surface area (Å²) in [4.78, 5) is 14.6. The van der Waals surface area contributed by atoms with Gasteiger partial charge in [-0.1, -0.05) is 17.7 Å². The van der Waals surface area contributed by atoms with Crippen LogP contribution in [0.3, 0.4) is 0 Å². The van der Waals surface area contributed by atoms with Gasteiger partial charge in [-0.05, 0) is 37.6 Å². The normalized spacial score (nSPS) is 15.9. The molecule has 0 radical (unpaired) electrons. The predicted octanol–water partition coefficient (Wildman–Crippen LogP) is 2.25. The summed E-state index contributed by atoms with van der Waals surface area (Å²) in [6.07, 6.45) is 0.522. The first-order valence-corrected chi connectivity index (χ1v) is 10.5. The molecule has 1 amide bonds. The summed E-state index contributed by atoms with van der Waals surface area (Å²) in [6.45, 7) is 3.13. The van der Waals surface area contributed by atoms with Crippen molar-refractivity contribution < 1.29 is 23.1 Å². The van der Waals surface area contributed by atoms with Crippen molar-refractivity contribution in [2.24, 2.45) is 0 Å². The molecule has 150 valence electrons. The van der Waals surface area contributed by atoms with Gasteiger partial charge < -0.3 is 14.7 Å². The molecule has 1 heterocycles. The van der Waals surface area contributed by atoms with Crippen molar-refractivity contribution in [2.75, 3.05) is 33.3 Å². The molecule has 1 N–H and O–H groups in total. The standard InChI is InChI=1S/C20H24N2O5S/c1-15-4-7-17(8-5-15)28(25,26)22-11-3-10-21(12-13-22)20(24)18-9-6-16(27-2)14-19(18)23/h4-9,14,23H,3,10-13H2,1-2H3. The Balaban J connectivity index is 1.74. The van der Waals surface area contributed by atoms with Gasteiger partial charge in [-0.25, -0.2) is 8.42 Å². The van der Waals surface area contributed by atoms with Crippen LogP contribution < -0.4 is 4.74 Å². The third-order valence-electron chi connectivity index (χ3n) is 4.84. The first-order valence-electron chi connectivity index (χ1n) is 9.06. The lowest BCUT2D eigenvalue weighted by atomic mass is 10.1. The maximum atomic E-state index is 12.9. The van der Waals surface area contributed by atoms with Crippen LogP contribution in [0.25, 0.3) is 0 Å². The first kappa shape index (κ1) is 20.2. The van der Waals surface area contributed by atoms with Crippen LogP contribution in [0.5, 0.6) is 11.5 Å². The lowest BCUT2D eigenvalue weighted by Gasteiger charge is -2.22. The molecule has 0 spiro atoms. The van der Waals surface area contributed by atoms with Gasteiger partial charge in [-0.2, -0.15) is 4.31 Å². The fraction of sp³-hybridized carbons (Fsp3) is 0.350. The van der Waals surface area contributed by atoms with E-state index in [2.05, 4.69) is 0 Å². The van der Waals surface area contributed by atoms with E-state index < -0.39 is 10.0 Å². The van der Waals surface area contributed by atoms with Crippen molar-refractivity contribution in [3.63, 3.8) is 0 Å². The Kier molecular flexibility index (Phi) is 5.90. The molecule has 7 nitrogen and oxygen atoms in total. The van der Waals surface area contributed by atoms with Crippen molar-refractivity contribution in [2.45, 2.75) is 18.2 Å². The number of benzene rings is 2. The van der Waals surface area contributed by atoms with E-state index in [0.717, 1.165) is 5.56 Å². The molecule has 1 saturated heterocycles. The minimum Gasteiger partial charge on any atom is -0.507 e. The number of carbonyl (C=O) groups is 1. The molecular weight excluding hydrogens is 380 g/mol. The zero-order valence-electron chi connectivity index (χ0n) is 16.0. The maximum Gasteiger partial charge on any atom is 0.257 e. The van der Waals surface area contributed by atoms with Crippen LogP contribution in [0.4, 0.5) is 0 Å². The highest BCUT2D eigenvalue weighted by atomic mass is 32.2. The van der Waals surface area contributed by atoms with Crippen LogP contribution in [0.15, 0.2) is 47.4 Å². The van der Waals surface area contributed by atoms with Crippen LogP contribution >= 0.6 is 0 Å². The number of rotatable bonds is 4. The molecule has 0 aromatic heterocycles. The maximum absolute atomic E-state index is 12.9. The van der Waals surface area contributed by atoms with Gasteiger partial charge in [0.2, 0.25) is 10.0 Å². The zero-order valence-corrected chi connectivity index (χ0v) is 16.8. The van der Waals surface area contributed by atoms with E-state index in [1.807, 2.05) is 6.92 Å². The van der Waals surface area contributed by atoms with Crippen LogP contribution in [-0.2, 0) is 10.0 Å².